The minimum Gasteiger partial charge on any atom is -0.493 e. The number of hydrogen-bond donors (Lipinski definition) is 1. The number of fused-ring (bicyclic) bond motifs is 1. The maximum atomic E-state index is 14.5. The van der Waals surface area contributed by atoms with Crippen LogP contribution in [0.5, 0.6) is 5.75 Å². The van der Waals surface area contributed by atoms with E-state index < -0.39 is 24.3 Å². The SMILES string of the molecule is Cc1c(NC(=O)c2ccc(OCCCC(F)(F)F)cc2F)ccc2cc(Cn3cccc3)cnc12. The quantitative estimate of drug-likeness (QED) is 0.229. The van der Waals surface area contributed by atoms with Crippen molar-refractivity contribution in [1.29, 1.82) is 0 Å². The third kappa shape index (κ3) is 6.17. The van der Waals surface area contributed by atoms with Gasteiger partial charge in [-0.3, -0.25) is 9.78 Å². The lowest BCUT2D eigenvalue weighted by molar-refractivity contribution is -0.136. The van der Waals surface area contributed by atoms with Gasteiger partial charge < -0.3 is 14.6 Å². The Balaban J connectivity index is 1.43. The Labute approximate surface area is 199 Å². The van der Waals surface area contributed by atoms with Crippen molar-refractivity contribution in [1.82, 2.24) is 9.55 Å². The molecule has 0 aliphatic carbocycles. The lowest BCUT2D eigenvalue weighted by atomic mass is 10.1. The number of nitrogens with zero attached hydrogens (tertiary/aromatic N) is 2. The molecule has 0 saturated heterocycles. The third-order valence-electron chi connectivity index (χ3n) is 5.50. The maximum absolute atomic E-state index is 14.5. The highest BCUT2D eigenvalue weighted by Crippen LogP contribution is 2.26. The monoisotopic (exact) mass is 485 g/mol. The molecule has 4 aromatic rings. The summed E-state index contributed by atoms with van der Waals surface area (Å²) in [7, 11) is 0. The van der Waals surface area contributed by atoms with Gasteiger partial charge in [0.1, 0.15) is 11.6 Å². The van der Waals surface area contributed by atoms with E-state index in [9.17, 15) is 22.4 Å². The largest absolute Gasteiger partial charge is 0.493 e. The van der Waals surface area contributed by atoms with Crippen molar-refractivity contribution in [2.24, 2.45) is 0 Å². The highest BCUT2D eigenvalue weighted by molar-refractivity contribution is 6.06. The van der Waals surface area contributed by atoms with Crippen molar-refractivity contribution in [3.63, 3.8) is 0 Å². The van der Waals surface area contributed by atoms with Gasteiger partial charge in [-0.1, -0.05) is 6.07 Å². The summed E-state index contributed by atoms with van der Waals surface area (Å²) < 4.78 is 58.3. The fourth-order valence-electron chi connectivity index (χ4n) is 3.72. The Bertz CT molecular complexity index is 1330. The number of carbonyl (C=O) groups excluding carboxylic acids is 1. The average molecular weight is 485 g/mol. The minimum atomic E-state index is -4.27. The summed E-state index contributed by atoms with van der Waals surface area (Å²) >= 11 is 0. The first-order chi connectivity index (χ1) is 16.7. The summed E-state index contributed by atoms with van der Waals surface area (Å²) in [4.78, 5) is 17.3. The zero-order valence-electron chi connectivity index (χ0n) is 18.9. The van der Waals surface area contributed by atoms with Crippen LogP contribution >= 0.6 is 0 Å². The van der Waals surface area contributed by atoms with Crippen molar-refractivity contribution < 1.29 is 27.1 Å². The van der Waals surface area contributed by atoms with Crippen molar-refractivity contribution in [2.45, 2.75) is 32.5 Å². The molecular weight excluding hydrogens is 462 g/mol. The number of benzene rings is 2. The summed E-state index contributed by atoms with van der Waals surface area (Å²) in [6.07, 6.45) is 0.243. The van der Waals surface area contributed by atoms with Gasteiger partial charge in [0.2, 0.25) is 0 Å². The second kappa shape index (κ2) is 10.2. The van der Waals surface area contributed by atoms with Gasteiger partial charge in [0.05, 0.1) is 17.7 Å². The molecule has 2 aromatic carbocycles. The highest BCUT2D eigenvalue weighted by Gasteiger charge is 2.26. The first-order valence-corrected chi connectivity index (χ1v) is 11.0. The summed E-state index contributed by atoms with van der Waals surface area (Å²) in [6.45, 7) is 2.31. The Morgan fingerprint density at radius 2 is 1.89 bits per heavy atom. The zero-order chi connectivity index (χ0) is 25.0. The van der Waals surface area contributed by atoms with Gasteiger partial charge in [0.25, 0.3) is 5.91 Å². The molecule has 9 heteroatoms. The molecule has 0 unspecified atom stereocenters. The standard InChI is InChI=1S/C26H23F4N3O2/c1-17-23(8-5-19-13-18(15-31-24(17)19)16-33-10-2-3-11-33)32-25(34)21-7-6-20(14-22(21)27)35-12-4-9-26(28,29)30/h2-3,5-8,10-11,13-15H,4,9,12,16H2,1H3,(H,32,34). The van der Waals surface area contributed by atoms with Gasteiger partial charge in [-0.15, -0.1) is 0 Å². The van der Waals surface area contributed by atoms with E-state index in [-0.39, 0.29) is 24.3 Å². The second-order valence-corrected chi connectivity index (χ2v) is 8.17. The van der Waals surface area contributed by atoms with Crippen LogP contribution in [0, 0.1) is 12.7 Å². The number of halogens is 4. The Morgan fingerprint density at radius 3 is 2.60 bits per heavy atom. The lowest BCUT2D eigenvalue weighted by Gasteiger charge is -2.13. The molecule has 0 aliphatic heterocycles. The predicted molar refractivity (Wildman–Crippen MR) is 125 cm³/mol. The van der Waals surface area contributed by atoms with E-state index in [2.05, 4.69) is 10.3 Å². The van der Waals surface area contributed by atoms with Crippen LogP contribution in [0.2, 0.25) is 0 Å². The molecule has 1 amide bonds. The van der Waals surface area contributed by atoms with Gasteiger partial charge in [0.15, 0.2) is 0 Å². The number of aromatic nitrogens is 2. The van der Waals surface area contributed by atoms with Crippen LogP contribution in [0.3, 0.4) is 0 Å². The van der Waals surface area contributed by atoms with Gasteiger partial charge in [-0.2, -0.15) is 13.2 Å². The maximum Gasteiger partial charge on any atom is 0.389 e. The number of nitrogens with one attached hydrogen (secondary N) is 1. The van der Waals surface area contributed by atoms with Crippen LogP contribution in [-0.4, -0.2) is 28.2 Å². The number of anilines is 1. The van der Waals surface area contributed by atoms with E-state index in [0.29, 0.717) is 12.2 Å². The third-order valence-corrected chi connectivity index (χ3v) is 5.50. The van der Waals surface area contributed by atoms with Crippen LogP contribution < -0.4 is 10.1 Å². The molecule has 0 spiro atoms. The van der Waals surface area contributed by atoms with Gasteiger partial charge in [0, 0.05) is 48.7 Å². The smallest absolute Gasteiger partial charge is 0.389 e. The number of carbonyl (C=O) groups is 1. The van der Waals surface area contributed by atoms with E-state index in [4.69, 9.17) is 4.74 Å². The molecule has 4 rings (SSSR count). The molecule has 2 heterocycles. The van der Waals surface area contributed by atoms with E-state index >= 15 is 0 Å². The van der Waals surface area contributed by atoms with Gasteiger partial charge in [-0.05, 0) is 60.9 Å². The minimum absolute atomic E-state index is 0.0584. The molecule has 0 bridgehead atoms. The number of pyridine rings is 1. The number of hydrogen-bond acceptors (Lipinski definition) is 3. The molecule has 182 valence electrons. The molecule has 0 saturated carbocycles. The van der Waals surface area contributed by atoms with Gasteiger partial charge in [-0.25, -0.2) is 4.39 Å². The Kier molecular flexibility index (Phi) is 7.04. The number of alkyl halides is 3. The number of ether oxygens (including phenoxy) is 1. The lowest BCUT2D eigenvalue weighted by Crippen LogP contribution is -2.15. The first-order valence-electron chi connectivity index (χ1n) is 11.0. The molecule has 5 nitrogen and oxygen atoms in total. The normalized spacial score (nSPS) is 11.6. The Morgan fingerprint density at radius 1 is 1.11 bits per heavy atom. The van der Waals surface area contributed by atoms with Crippen LogP contribution in [0.25, 0.3) is 10.9 Å². The average Bonchev–Trinajstić information content (AvgIpc) is 3.31. The summed E-state index contributed by atoms with van der Waals surface area (Å²) in [5.41, 5.74) is 2.80. The first kappa shape index (κ1) is 24.3. The number of amides is 1. The van der Waals surface area contributed by atoms with Crippen LogP contribution in [0.4, 0.5) is 23.2 Å². The summed E-state index contributed by atoms with van der Waals surface area (Å²) in [5.74, 6) is -1.43. The van der Waals surface area contributed by atoms with E-state index in [1.54, 1.807) is 12.3 Å². The molecule has 0 aliphatic rings. The van der Waals surface area contributed by atoms with Crippen LogP contribution in [-0.2, 0) is 6.54 Å². The fraction of sp³-hybridized carbons (Fsp3) is 0.231. The van der Waals surface area contributed by atoms with Crippen molar-refractivity contribution in [2.75, 3.05) is 11.9 Å². The van der Waals surface area contributed by atoms with Gasteiger partial charge >= 0.3 is 6.18 Å². The Hall–Kier alpha value is -3.88. The van der Waals surface area contributed by atoms with Crippen molar-refractivity contribution in [3.8, 4) is 5.75 Å². The summed E-state index contributed by atoms with van der Waals surface area (Å²) in [6, 6.07) is 13.1. The molecule has 0 radical (unpaired) electrons. The molecule has 2 aromatic heterocycles. The van der Waals surface area contributed by atoms with Crippen molar-refractivity contribution in [3.05, 3.63) is 89.6 Å². The van der Waals surface area contributed by atoms with E-state index in [0.717, 1.165) is 28.1 Å². The number of aryl methyl sites for hydroxylation is 1. The molecule has 0 fully saturated rings. The van der Waals surface area contributed by atoms with Crippen LogP contribution in [0.15, 0.2) is 67.1 Å². The summed E-state index contributed by atoms with van der Waals surface area (Å²) in [5, 5.41) is 3.63. The van der Waals surface area contributed by atoms with E-state index in [1.807, 2.05) is 48.1 Å². The van der Waals surface area contributed by atoms with Crippen molar-refractivity contribution >= 4 is 22.5 Å². The fourth-order valence-corrected chi connectivity index (χ4v) is 3.72. The molecule has 1 N–H and O–H groups in total. The topological polar surface area (TPSA) is 56.1 Å². The highest BCUT2D eigenvalue weighted by atomic mass is 19.4. The second-order valence-electron chi connectivity index (χ2n) is 8.17. The molecule has 35 heavy (non-hydrogen) atoms. The van der Waals surface area contributed by atoms with E-state index in [1.165, 1.54) is 12.1 Å². The zero-order valence-corrected chi connectivity index (χ0v) is 18.9. The molecule has 0 atom stereocenters. The molecular formula is C26H23F4N3O2. The van der Waals surface area contributed by atoms with Crippen LogP contribution in [0.1, 0.15) is 34.3 Å². The predicted octanol–water partition coefficient (Wildman–Crippen LogP) is 6.51. The number of rotatable bonds is 8.